The van der Waals surface area contributed by atoms with Crippen molar-refractivity contribution in [2.45, 2.75) is 25.9 Å². The van der Waals surface area contributed by atoms with Crippen LogP contribution in [0.2, 0.25) is 0 Å². The molecule has 0 aliphatic carbocycles. The molecule has 1 atom stereocenters. The Bertz CT molecular complexity index is 767. The van der Waals surface area contributed by atoms with Crippen molar-refractivity contribution >= 4 is 11.7 Å². The average Bonchev–Trinajstić information content (AvgIpc) is 3.12. The first kappa shape index (κ1) is 18.1. The lowest BCUT2D eigenvalue weighted by molar-refractivity contribution is 0.0775. The van der Waals surface area contributed by atoms with Gasteiger partial charge in [-0.15, -0.1) is 0 Å². The van der Waals surface area contributed by atoms with Crippen LogP contribution in [0.15, 0.2) is 36.5 Å². The van der Waals surface area contributed by atoms with E-state index in [9.17, 15) is 4.79 Å². The number of carbonyl (C=O) groups is 1. The summed E-state index contributed by atoms with van der Waals surface area (Å²) in [6, 6.07) is 9.36. The normalized spacial score (nSPS) is 16.9. The summed E-state index contributed by atoms with van der Waals surface area (Å²) in [4.78, 5) is 25.5. The first-order valence-corrected chi connectivity index (χ1v) is 8.87. The number of ether oxygens (including phenoxy) is 1. The van der Waals surface area contributed by atoms with Gasteiger partial charge < -0.3 is 15.4 Å². The van der Waals surface area contributed by atoms with E-state index in [-0.39, 0.29) is 11.9 Å². The van der Waals surface area contributed by atoms with Crippen LogP contribution in [0.3, 0.4) is 0 Å². The number of para-hydroxylation sites is 1. The summed E-state index contributed by atoms with van der Waals surface area (Å²) in [5, 5.41) is 0. The van der Waals surface area contributed by atoms with E-state index >= 15 is 0 Å². The molecule has 1 saturated heterocycles. The average molecular weight is 355 g/mol. The fourth-order valence-electron chi connectivity index (χ4n) is 3.22. The first-order valence-electron chi connectivity index (χ1n) is 8.87. The number of hydrogen-bond donors (Lipinski definition) is 1. The molecule has 0 radical (unpaired) electrons. The van der Waals surface area contributed by atoms with Gasteiger partial charge in [-0.05, 0) is 38.6 Å². The molecular weight excluding hydrogens is 330 g/mol. The number of amides is 1. The first-order chi connectivity index (χ1) is 12.6. The van der Waals surface area contributed by atoms with Gasteiger partial charge in [-0.25, -0.2) is 9.97 Å². The topological polar surface area (TPSA) is 84.6 Å². The summed E-state index contributed by atoms with van der Waals surface area (Å²) < 4.78 is 5.60. The summed E-state index contributed by atoms with van der Waals surface area (Å²) in [6.45, 7) is 4.47. The molecule has 1 aromatic heterocycles. The Morgan fingerprint density at radius 3 is 2.96 bits per heavy atom. The molecule has 7 nitrogen and oxygen atoms in total. The van der Waals surface area contributed by atoms with Gasteiger partial charge in [0.25, 0.3) is 5.91 Å². The maximum atomic E-state index is 12.9. The minimum absolute atomic E-state index is 0.0187. The van der Waals surface area contributed by atoms with Crippen LogP contribution in [-0.2, 0) is 6.54 Å². The number of anilines is 1. The third-order valence-corrected chi connectivity index (χ3v) is 4.61. The second-order valence-corrected chi connectivity index (χ2v) is 6.44. The van der Waals surface area contributed by atoms with E-state index in [0.29, 0.717) is 42.7 Å². The largest absolute Gasteiger partial charge is 0.493 e. The summed E-state index contributed by atoms with van der Waals surface area (Å²) in [5.74, 6) is 1.83. The molecule has 1 unspecified atom stereocenters. The van der Waals surface area contributed by atoms with Gasteiger partial charge in [0.1, 0.15) is 17.4 Å². The third-order valence-electron chi connectivity index (χ3n) is 4.61. The molecular formula is C19H25N5O2. The van der Waals surface area contributed by atoms with E-state index in [1.54, 1.807) is 12.3 Å². The van der Waals surface area contributed by atoms with Gasteiger partial charge in [-0.1, -0.05) is 12.1 Å². The molecule has 3 rings (SSSR count). The Hall–Kier alpha value is -2.67. The van der Waals surface area contributed by atoms with Crippen molar-refractivity contribution in [3.63, 3.8) is 0 Å². The van der Waals surface area contributed by atoms with E-state index in [1.807, 2.05) is 43.1 Å². The van der Waals surface area contributed by atoms with Crippen LogP contribution >= 0.6 is 0 Å². The Morgan fingerprint density at radius 2 is 2.19 bits per heavy atom. The van der Waals surface area contributed by atoms with Crippen molar-refractivity contribution < 1.29 is 9.53 Å². The maximum Gasteiger partial charge on any atom is 0.257 e. The summed E-state index contributed by atoms with van der Waals surface area (Å²) >= 11 is 0. The smallest absolute Gasteiger partial charge is 0.257 e. The standard InChI is InChI=1S/C19H25N5O2/c1-3-26-16-7-5-4-6-15(16)19(25)24-11-9-14(12-24)23(2)13-18-21-10-8-17(20)22-18/h4-8,10,14H,3,9,11-13H2,1-2H3,(H2,20,21,22). The molecule has 1 aliphatic rings. The highest BCUT2D eigenvalue weighted by Crippen LogP contribution is 2.23. The van der Waals surface area contributed by atoms with Gasteiger partial charge in [-0.3, -0.25) is 9.69 Å². The van der Waals surface area contributed by atoms with Crippen LogP contribution in [0.25, 0.3) is 0 Å². The molecule has 1 aromatic carbocycles. The van der Waals surface area contributed by atoms with Crippen molar-refractivity contribution in [1.29, 1.82) is 0 Å². The van der Waals surface area contributed by atoms with E-state index in [1.165, 1.54) is 0 Å². The van der Waals surface area contributed by atoms with Crippen molar-refractivity contribution in [2.24, 2.45) is 0 Å². The van der Waals surface area contributed by atoms with Gasteiger partial charge in [0, 0.05) is 25.3 Å². The number of carbonyl (C=O) groups excluding carboxylic acids is 1. The quantitative estimate of drug-likeness (QED) is 0.851. The maximum absolute atomic E-state index is 12.9. The van der Waals surface area contributed by atoms with Crippen molar-refractivity contribution in [3.8, 4) is 5.75 Å². The zero-order valence-corrected chi connectivity index (χ0v) is 15.3. The fraction of sp³-hybridized carbons (Fsp3) is 0.421. The van der Waals surface area contributed by atoms with Crippen LogP contribution in [0.5, 0.6) is 5.75 Å². The van der Waals surface area contributed by atoms with Crippen molar-refractivity contribution in [2.75, 3.05) is 32.5 Å². The number of nitrogen functional groups attached to an aromatic ring is 1. The van der Waals surface area contributed by atoms with Crippen LogP contribution in [0.1, 0.15) is 29.5 Å². The van der Waals surface area contributed by atoms with Gasteiger partial charge in [0.05, 0.1) is 18.7 Å². The fourth-order valence-corrected chi connectivity index (χ4v) is 3.22. The molecule has 138 valence electrons. The highest BCUT2D eigenvalue weighted by molar-refractivity contribution is 5.97. The van der Waals surface area contributed by atoms with Crippen LogP contribution in [-0.4, -0.2) is 58.5 Å². The molecule has 1 amide bonds. The number of likely N-dealkylation sites (N-methyl/N-ethyl adjacent to an activating group) is 1. The zero-order valence-electron chi connectivity index (χ0n) is 15.3. The molecule has 2 heterocycles. The monoisotopic (exact) mass is 355 g/mol. The van der Waals surface area contributed by atoms with Gasteiger partial charge in [0.15, 0.2) is 0 Å². The molecule has 26 heavy (non-hydrogen) atoms. The third kappa shape index (κ3) is 4.11. The zero-order chi connectivity index (χ0) is 18.5. The molecule has 1 aliphatic heterocycles. The van der Waals surface area contributed by atoms with E-state index in [4.69, 9.17) is 10.5 Å². The predicted octanol–water partition coefficient (Wildman–Crippen LogP) is 1.80. The van der Waals surface area contributed by atoms with E-state index in [2.05, 4.69) is 14.9 Å². The lowest BCUT2D eigenvalue weighted by Gasteiger charge is -2.24. The number of aromatic nitrogens is 2. The molecule has 2 aromatic rings. The predicted molar refractivity (Wildman–Crippen MR) is 99.8 cm³/mol. The Morgan fingerprint density at radius 1 is 1.38 bits per heavy atom. The molecule has 1 fully saturated rings. The molecule has 2 N–H and O–H groups in total. The number of benzene rings is 1. The highest BCUT2D eigenvalue weighted by atomic mass is 16.5. The van der Waals surface area contributed by atoms with E-state index in [0.717, 1.165) is 13.0 Å². The Labute approximate surface area is 153 Å². The van der Waals surface area contributed by atoms with Gasteiger partial charge in [0.2, 0.25) is 0 Å². The number of likely N-dealkylation sites (tertiary alicyclic amines) is 1. The van der Waals surface area contributed by atoms with Gasteiger partial charge >= 0.3 is 0 Å². The van der Waals surface area contributed by atoms with Crippen LogP contribution in [0, 0.1) is 0 Å². The minimum atomic E-state index is 0.0187. The summed E-state index contributed by atoms with van der Waals surface area (Å²) in [6.07, 6.45) is 2.59. The number of hydrogen-bond acceptors (Lipinski definition) is 6. The number of nitrogens with zero attached hydrogens (tertiary/aromatic N) is 4. The molecule has 0 saturated carbocycles. The lowest BCUT2D eigenvalue weighted by atomic mass is 10.1. The van der Waals surface area contributed by atoms with E-state index < -0.39 is 0 Å². The summed E-state index contributed by atoms with van der Waals surface area (Å²) in [5.41, 5.74) is 6.34. The summed E-state index contributed by atoms with van der Waals surface area (Å²) in [7, 11) is 2.03. The van der Waals surface area contributed by atoms with Crippen molar-refractivity contribution in [1.82, 2.24) is 19.8 Å². The van der Waals surface area contributed by atoms with Gasteiger partial charge in [-0.2, -0.15) is 0 Å². The Balaban J connectivity index is 1.64. The lowest BCUT2D eigenvalue weighted by Crippen LogP contribution is -2.36. The highest BCUT2D eigenvalue weighted by Gasteiger charge is 2.30. The minimum Gasteiger partial charge on any atom is -0.493 e. The molecule has 0 bridgehead atoms. The van der Waals surface area contributed by atoms with Crippen LogP contribution < -0.4 is 10.5 Å². The van der Waals surface area contributed by atoms with Crippen LogP contribution in [0.4, 0.5) is 5.82 Å². The van der Waals surface area contributed by atoms with Crippen molar-refractivity contribution in [3.05, 3.63) is 47.9 Å². The molecule has 0 spiro atoms. The number of nitrogens with two attached hydrogens (primary N) is 1. The second kappa shape index (κ2) is 8.14. The molecule has 7 heteroatoms. The SMILES string of the molecule is CCOc1ccccc1C(=O)N1CCC(N(C)Cc2nccc(N)n2)C1. The second-order valence-electron chi connectivity index (χ2n) is 6.44. The Kier molecular flexibility index (Phi) is 5.68. The number of rotatable bonds is 6.